The molecule has 1 heterocycles. The van der Waals surface area contributed by atoms with Crippen LogP contribution < -0.4 is 5.32 Å². The summed E-state index contributed by atoms with van der Waals surface area (Å²) in [6.07, 6.45) is 5.11. The Balaban J connectivity index is 2.31. The van der Waals surface area contributed by atoms with E-state index in [0.717, 1.165) is 18.7 Å². The second-order valence-electron chi connectivity index (χ2n) is 4.88. The zero-order chi connectivity index (χ0) is 10.2. The standard InChI is InChI=1S/C11H17N3/c1-11(2,3)14-10-8-5-4-6-9(8)12-7-13-10/h7H,4-6H2,1-3H3,(H,12,13,14). The third kappa shape index (κ3) is 1.86. The maximum atomic E-state index is 4.31. The van der Waals surface area contributed by atoms with Crippen molar-refractivity contribution in [2.75, 3.05) is 5.32 Å². The molecule has 1 aliphatic rings. The van der Waals surface area contributed by atoms with Crippen LogP contribution in [0.2, 0.25) is 0 Å². The van der Waals surface area contributed by atoms with Crippen LogP contribution in [0, 0.1) is 0 Å². The minimum atomic E-state index is 0.0741. The summed E-state index contributed by atoms with van der Waals surface area (Å²) in [5.41, 5.74) is 2.62. The van der Waals surface area contributed by atoms with E-state index < -0.39 is 0 Å². The van der Waals surface area contributed by atoms with Crippen molar-refractivity contribution in [3.63, 3.8) is 0 Å². The highest BCUT2D eigenvalue weighted by Gasteiger charge is 2.19. The molecule has 0 aromatic carbocycles. The molecule has 2 rings (SSSR count). The first-order chi connectivity index (χ1) is 6.56. The number of aryl methyl sites for hydroxylation is 1. The largest absolute Gasteiger partial charge is 0.365 e. The number of fused-ring (bicyclic) bond motifs is 1. The van der Waals surface area contributed by atoms with Crippen molar-refractivity contribution in [1.29, 1.82) is 0 Å². The molecule has 76 valence electrons. The van der Waals surface area contributed by atoms with E-state index in [1.165, 1.54) is 17.7 Å². The van der Waals surface area contributed by atoms with E-state index in [9.17, 15) is 0 Å². The van der Waals surface area contributed by atoms with Gasteiger partial charge in [-0.25, -0.2) is 9.97 Å². The van der Waals surface area contributed by atoms with Gasteiger partial charge in [0.05, 0.1) is 0 Å². The van der Waals surface area contributed by atoms with E-state index in [2.05, 4.69) is 36.1 Å². The lowest BCUT2D eigenvalue weighted by Crippen LogP contribution is -2.27. The second-order valence-corrected chi connectivity index (χ2v) is 4.88. The number of nitrogens with one attached hydrogen (secondary N) is 1. The predicted molar refractivity (Wildman–Crippen MR) is 57.4 cm³/mol. The summed E-state index contributed by atoms with van der Waals surface area (Å²) in [4.78, 5) is 8.61. The van der Waals surface area contributed by atoms with Gasteiger partial charge in [0.25, 0.3) is 0 Å². The highest BCUT2D eigenvalue weighted by Crippen LogP contribution is 2.26. The van der Waals surface area contributed by atoms with E-state index in [1.54, 1.807) is 6.33 Å². The van der Waals surface area contributed by atoms with Crippen LogP contribution in [0.15, 0.2) is 6.33 Å². The van der Waals surface area contributed by atoms with Crippen LogP contribution in [-0.2, 0) is 12.8 Å². The number of rotatable bonds is 1. The maximum absolute atomic E-state index is 4.31. The Morgan fingerprint density at radius 2 is 2.00 bits per heavy atom. The Bertz CT molecular complexity index is 339. The molecule has 0 saturated carbocycles. The molecule has 0 saturated heterocycles. The first-order valence-corrected chi connectivity index (χ1v) is 5.17. The Morgan fingerprint density at radius 1 is 1.21 bits per heavy atom. The Labute approximate surface area is 85.0 Å². The highest BCUT2D eigenvalue weighted by molar-refractivity contribution is 5.49. The molecule has 1 aromatic rings. The second kappa shape index (κ2) is 3.23. The number of aromatic nitrogens is 2. The van der Waals surface area contributed by atoms with E-state index in [-0.39, 0.29) is 5.54 Å². The first-order valence-electron chi connectivity index (χ1n) is 5.17. The van der Waals surface area contributed by atoms with Gasteiger partial charge < -0.3 is 5.32 Å². The van der Waals surface area contributed by atoms with Crippen molar-refractivity contribution < 1.29 is 0 Å². The van der Waals surface area contributed by atoms with Gasteiger partial charge in [-0.2, -0.15) is 0 Å². The summed E-state index contributed by atoms with van der Waals surface area (Å²) in [6, 6.07) is 0. The highest BCUT2D eigenvalue weighted by atomic mass is 15.1. The average molecular weight is 191 g/mol. The smallest absolute Gasteiger partial charge is 0.133 e. The summed E-state index contributed by atoms with van der Waals surface area (Å²) >= 11 is 0. The van der Waals surface area contributed by atoms with Crippen LogP contribution >= 0.6 is 0 Å². The van der Waals surface area contributed by atoms with Gasteiger partial charge in [-0.15, -0.1) is 0 Å². The molecule has 0 aliphatic heterocycles. The first kappa shape index (κ1) is 9.44. The van der Waals surface area contributed by atoms with Crippen molar-refractivity contribution in [2.45, 2.75) is 45.6 Å². The van der Waals surface area contributed by atoms with Gasteiger partial charge in [0.2, 0.25) is 0 Å². The van der Waals surface area contributed by atoms with Gasteiger partial charge in [-0.05, 0) is 40.0 Å². The van der Waals surface area contributed by atoms with Crippen molar-refractivity contribution in [2.24, 2.45) is 0 Å². The molecular weight excluding hydrogens is 174 g/mol. The molecule has 0 spiro atoms. The van der Waals surface area contributed by atoms with Crippen LogP contribution in [0.4, 0.5) is 5.82 Å². The van der Waals surface area contributed by atoms with Crippen LogP contribution in [0.3, 0.4) is 0 Å². The maximum Gasteiger partial charge on any atom is 0.133 e. The van der Waals surface area contributed by atoms with E-state index in [4.69, 9.17) is 0 Å². The summed E-state index contributed by atoms with van der Waals surface area (Å²) in [6.45, 7) is 6.45. The fourth-order valence-corrected chi connectivity index (χ4v) is 1.82. The molecule has 1 N–H and O–H groups in total. The van der Waals surface area contributed by atoms with Crippen molar-refractivity contribution >= 4 is 5.82 Å². The van der Waals surface area contributed by atoms with Gasteiger partial charge in [-0.3, -0.25) is 0 Å². The van der Waals surface area contributed by atoms with E-state index in [1.807, 2.05) is 0 Å². The molecule has 0 atom stereocenters. The van der Waals surface area contributed by atoms with Gasteiger partial charge >= 0.3 is 0 Å². The Hall–Kier alpha value is -1.12. The molecule has 1 aliphatic carbocycles. The molecule has 3 heteroatoms. The van der Waals surface area contributed by atoms with Gasteiger partial charge in [0.1, 0.15) is 12.1 Å². The Kier molecular flexibility index (Phi) is 2.17. The van der Waals surface area contributed by atoms with E-state index >= 15 is 0 Å². The van der Waals surface area contributed by atoms with Crippen LogP contribution in [0.1, 0.15) is 38.4 Å². The van der Waals surface area contributed by atoms with Crippen molar-refractivity contribution in [3.05, 3.63) is 17.6 Å². The SMILES string of the molecule is CC(C)(C)Nc1ncnc2c1CCC2. The van der Waals surface area contributed by atoms with Gasteiger partial charge in [0.15, 0.2) is 0 Å². The summed E-state index contributed by atoms with van der Waals surface area (Å²) in [5, 5.41) is 3.43. The molecule has 14 heavy (non-hydrogen) atoms. The average Bonchev–Trinajstić information content (AvgIpc) is 2.49. The monoisotopic (exact) mass is 191 g/mol. The third-order valence-corrected chi connectivity index (χ3v) is 2.37. The van der Waals surface area contributed by atoms with Crippen LogP contribution in [-0.4, -0.2) is 15.5 Å². The molecule has 0 unspecified atom stereocenters. The number of hydrogen-bond donors (Lipinski definition) is 1. The summed E-state index contributed by atoms with van der Waals surface area (Å²) < 4.78 is 0. The third-order valence-electron chi connectivity index (χ3n) is 2.37. The fourth-order valence-electron chi connectivity index (χ4n) is 1.82. The van der Waals surface area contributed by atoms with E-state index in [0.29, 0.717) is 0 Å². The molecule has 0 amide bonds. The topological polar surface area (TPSA) is 37.8 Å². The molecule has 1 aromatic heterocycles. The quantitative estimate of drug-likeness (QED) is 0.739. The lowest BCUT2D eigenvalue weighted by Gasteiger charge is -2.22. The number of nitrogens with zero attached hydrogens (tertiary/aromatic N) is 2. The molecule has 0 fully saturated rings. The lowest BCUT2D eigenvalue weighted by atomic mass is 10.1. The van der Waals surface area contributed by atoms with Gasteiger partial charge in [-0.1, -0.05) is 0 Å². The zero-order valence-corrected chi connectivity index (χ0v) is 9.09. The van der Waals surface area contributed by atoms with Gasteiger partial charge in [0, 0.05) is 16.8 Å². The summed E-state index contributed by atoms with van der Waals surface area (Å²) in [5.74, 6) is 1.03. The molecule has 0 bridgehead atoms. The van der Waals surface area contributed by atoms with Crippen molar-refractivity contribution in [3.8, 4) is 0 Å². The molecule has 0 radical (unpaired) electrons. The summed E-state index contributed by atoms with van der Waals surface area (Å²) in [7, 11) is 0. The molecule has 3 nitrogen and oxygen atoms in total. The zero-order valence-electron chi connectivity index (χ0n) is 9.09. The number of anilines is 1. The minimum absolute atomic E-state index is 0.0741. The van der Waals surface area contributed by atoms with Crippen LogP contribution in [0.5, 0.6) is 0 Å². The predicted octanol–water partition coefficient (Wildman–Crippen LogP) is 2.18. The van der Waals surface area contributed by atoms with Crippen molar-refractivity contribution in [1.82, 2.24) is 9.97 Å². The number of hydrogen-bond acceptors (Lipinski definition) is 3. The van der Waals surface area contributed by atoms with Crippen LogP contribution in [0.25, 0.3) is 0 Å². The Morgan fingerprint density at radius 3 is 2.71 bits per heavy atom. The minimum Gasteiger partial charge on any atom is -0.365 e. The fraction of sp³-hybridized carbons (Fsp3) is 0.636. The normalized spacial score (nSPS) is 15.4. The molecular formula is C11H17N3. The lowest BCUT2D eigenvalue weighted by molar-refractivity contribution is 0.628.